The number of amides is 3. The van der Waals surface area contributed by atoms with Gasteiger partial charge in [0.05, 0.1) is 20.3 Å². The molecule has 1 aliphatic heterocycles. The fourth-order valence-corrected chi connectivity index (χ4v) is 2.85. The van der Waals surface area contributed by atoms with Crippen LogP contribution >= 0.6 is 11.6 Å². The fraction of sp³-hybridized carbons (Fsp3) is 0.238. The summed E-state index contributed by atoms with van der Waals surface area (Å²) < 4.78 is 17.0. The molecule has 0 aromatic heterocycles. The maximum Gasteiger partial charge on any atom is 0.326 e. The van der Waals surface area contributed by atoms with E-state index in [9.17, 15) is 9.59 Å². The molecule has 0 aliphatic carbocycles. The number of para-hydroxylation sites is 1. The monoisotopic (exact) mass is 416 g/mol. The first-order chi connectivity index (χ1) is 14.0. The number of halogens is 1. The van der Waals surface area contributed by atoms with Gasteiger partial charge < -0.3 is 19.5 Å². The molecule has 0 spiro atoms. The Bertz CT molecular complexity index is 958. The minimum absolute atomic E-state index is 0.148. The van der Waals surface area contributed by atoms with Crippen molar-refractivity contribution in [2.24, 2.45) is 0 Å². The van der Waals surface area contributed by atoms with Crippen molar-refractivity contribution >= 4 is 29.6 Å². The van der Waals surface area contributed by atoms with E-state index in [0.29, 0.717) is 41.7 Å². The molecule has 0 saturated carbocycles. The van der Waals surface area contributed by atoms with Crippen LogP contribution in [0.4, 0.5) is 4.79 Å². The van der Waals surface area contributed by atoms with Crippen LogP contribution in [0.15, 0.2) is 42.1 Å². The van der Waals surface area contributed by atoms with Crippen molar-refractivity contribution in [3.8, 4) is 17.2 Å². The molecule has 8 heteroatoms. The summed E-state index contributed by atoms with van der Waals surface area (Å²) in [6.07, 6.45) is 2.18. The molecule has 0 unspecified atom stereocenters. The summed E-state index contributed by atoms with van der Waals surface area (Å²) in [5.41, 5.74) is 1.72. The smallest absolute Gasteiger partial charge is 0.326 e. The zero-order valence-corrected chi connectivity index (χ0v) is 16.8. The summed E-state index contributed by atoms with van der Waals surface area (Å²) in [7, 11) is 1.54. The number of methoxy groups -OCH3 is 1. The Labute approximate surface area is 173 Å². The molecule has 2 aromatic carbocycles. The second kappa shape index (κ2) is 9.34. The maximum absolute atomic E-state index is 11.8. The van der Waals surface area contributed by atoms with Gasteiger partial charge in [-0.05, 0) is 42.8 Å². The van der Waals surface area contributed by atoms with Crippen molar-refractivity contribution in [2.75, 3.05) is 20.3 Å². The second-order valence-electron chi connectivity index (χ2n) is 6.31. The highest BCUT2D eigenvalue weighted by molar-refractivity contribution is 6.31. The molecule has 152 valence electrons. The highest BCUT2D eigenvalue weighted by Crippen LogP contribution is 2.33. The van der Waals surface area contributed by atoms with Crippen LogP contribution in [0, 0.1) is 6.92 Å². The molecule has 3 rings (SSSR count). The first kappa shape index (κ1) is 20.5. The summed E-state index contributed by atoms with van der Waals surface area (Å²) in [5.74, 6) is 1.27. The average molecular weight is 417 g/mol. The zero-order valence-electron chi connectivity index (χ0n) is 16.1. The van der Waals surface area contributed by atoms with Crippen LogP contribution in [0.2, 0.25) is 5.02 Å². The lowest BCUT2D eigenvalue weighted by Crippen LogP contribution is -2.22. The van der Waals surface area contributed by atoms with Crippen LogP contribution in [0.3, 0.4) is 0 Å². The van der Waals surface area contributed by atoms with Gasteiger partial charge in [-0.1, -0.05) is 23.7 Å². The van der Waals surface area contributed by atoms with Gasteiger partial charge >= 0.3 is 6.03 Å². The van der Waals surface area contributed by atoms with Crippen molar-refractivity contribution in [3.63, 3.8) is 0 Å². The molecule has 7 nitrogen and oxygen atoms in total. The Balaban J connectivity index is 1.62. The number of aryl methyl sites for hydroxylation is 1. The lowest BCUT2D eigenvalue weighted by molar-refractivity contribution is -0.115. The van der Waals surface area contributed by atoms with E-state index in [2.05, 4.69) is 10.6 Å². The average Bonchev–Trinajstić information content (AvgIpc) is 3.02. The first-order valence-corrected chi connectivity index (χ1v) is 9.38. The van der Waals surface area contributed by atoms with Gasteiger partial charge in [0, 0.05) is 17.0 Å². The minimum Gasteiger partial charge on any atom is -0.493 e. The van der Waals surface area contributed by atoms with E-state index >= 15 is 0 Å². The van der Waals surface area contributed by atoms with E-state index < -0.39 is 11.9 Å². The van der Waals surface area contributed by atoms with Gasteiger partial charge in [0.25, 0.3) is 5.91 Å². The van der Waals surface area contributed by atoms with Crippen LogP contribution < -0.4 is 24.8 Å². The minimum atomic E-state index is -0.554. The Kier molecular flexibility index (Phi) is 6.61. The molecule has 1 fully saturated rings. The lowest BCUT2D eigenvalue weighted by atomic mass is 10.1. The van der Waals surface area contributed by atoms with Crippen LogP contribution in [-0.4, -0.2) is 32.3 Å². The van der Waals surface area contributed by atoms with E-state index in [0.717, 1.165) is 11.3 Å². The van der Waals surface area contributed by atoms with Gasteiger partial charge in [-0.25, -0.2) is 4.79 Å². The third-order valence-electron chi connectivity index (χ3n) is 4.18. The third kappa shape index (κ3) is 5.20. The van der Waals surface area contributed by atoms with Crippen molar-refractivity contribution in [3.05, 3.63) is 58.2 Å². The highest BCUT2D eigenvalue weighted by Gasteiger charge is 2.23. The summed E-state index contributed by atoms with van der Waals surface area (Å²) >= 11 is 6.01. The van der Waals surface area contributed by atoms with Gasteiger partial charge in [0.1, 0.15) is 11.4 Å². The van der Waals surface area contributed by atoms with E-state index in [4.69, 9.17) is 25.8 Å². The standard InChI is InChI=1S/C21H21ClN2O5/c1-13-11-15(7-8-16(13)22)28-9-4-10-29-19-14(5-3-6-18(19)27-2)12-17-20(25)24-21(26)23-17/h3,5-8,11-12H,4,9-10H2,1-2H3,(H2,23,24,25,26). The lowest BCUT2D eigenvalue weighted by Gasteiger charge is -2.14. The molecule has 2 N–H and O–H groups in total. The Morgan fingerprint density at radius 3 is 2.55 bits per heavy atom. The maximum atomic E-state index is 11.8. The number of hydrogen-bond donors (Lipinski definition) is 2. The number of carbonyl (C=O) groups excluding carboxylic acids is 2. The number of ether oxygens (including phenoxy) is 3. The van der Waals surface area contributed by atoms with Crippen molar-refractivity contribution in [1.82, 2.24) is 10.6 Å². The number of carbonyl (C=O) groups is 2. The molecule has 3 amide bonds. The van der Waals surface area contributed by atoms with E-state index in [1.54, 1.807) is 30.3 Å². The van der Waals surface area contributed by atoms with Crippen molar-refractivity contribution < 1.29 is 23.8 Å². The number of nitrogens with one attached hydrogen (secondary N) is 2. The SMILES string of the molecule is COc1cccc(C=C2NC(=O)NC2=O)c1OCCCOc1ccc(Cl)c(C)c1. The molecule has 2 aromatic rings. The quantitative estimate of drug-likeness (QED) is 0.389. The predicted molar refractivity (Wildman–Crippen MR) is 109 cm³/mol. The van der Waals surface area contributed by atoms with Gasteiger partial charge in [-0.15, -0.1) is 0 Å². The molecular weight excluding hydrogens is 396 g/mol. The first-order valence-electron chi connectivity index (χ1n) is 9.00. The zero-order chi connectivity index (χ0) is 20.8. The van der Waals surface area contributed by atoms with Gasteiger partial charge in [-0.2, -0.15) is 0 Å². The van der Waals surface area contributed by atoms with E-state index in [-0.39, 0.29) is 5.70 Å². The fourth-order valence-electron chi connectivity index (χ4n) is 2.73. The summed E-state index contributed by atoms with van der Waals surface area (Å²) in [6.45, 7) is 2.76. The summed E-state index contributed by atoms with van der Waals surface area (Å²) in [4.78, 5) is 23.1. The molecule has 0 atom stereocenters. The Morgan fingerprint density at radius 2 is 1.86 bits per heavy atom. The van der Waals surface area contributed by atoms with Gasteiger partial charge in [0.2, 0.25) is 0 Å². The molecule has 0 radical (unpaired) electrons. The Morgan fingerprint density at radius 1 is 1.07 bits per heavy atom. The summed E-state index contributed by atoms with van der Waals surface area (Å²) in [5, 5.41) is 5.32. The number of benzene rings is 2. The molecule has 0 bridgehead atoms. The van der Waals surface area contributed by atoms with Gasteiger partial charge in [0.15, 0.2) is 11.5 Å². The second-order valence-corrected chi connectivity index (χ2v) is 6.71. The van der Waals surface area contributed by atoms with Gasteiger partial charge in [-0.3, -0.25) is 10.1 Å². The Hall–Kier alpha value is -3.19. The molecule has 29 heavy (non-hydrogen) atoms. The predicted octanol–water partition coefficient (Wildman–Crippen LogP) is 3.69. The largest absolute Gasteiger partial charge is 0.493 e. The number of rotatable bonds is 8. The van der Waals surface area contributed by atoms with E-state index in [1.165, 1.54) is 7.11 Å². The molecule has 1 aliphatic rings. The summed E-state index contributed by atoms with van der Waals surface area (Å²) in [6, 6.07) is 10.3. The normalized spacial score (nSPS) is 14.5. The molecular formula is C21H21ClN2O5. The van der Waals surface area contributed by atoms with Crippen LogP contribution in [0.5, 0.6) is 17.2 Å². The number of urea groups is 1. The van der Waals surface area contributed by atoms with Crippen molar-refractivity contribution in [1.29, 1.82) is 0 Å². The van der Waals surface area contributed by atoms with Crippen molar-refractivity contribution in [2.45, 2.75) is 13.3 Å². The number of hydrogen-bond acceptors (Lipinski definition) is 5. The molecule has 1 heterocycles. The van der Waals surface area contributed by atoms with Crippen LogP contribution in [0.25, 0.3) is 6.08 Å². The third-order valence-corrected chi connectivity index (χ3v) is 4.61. The van der Waals surface area contributed by atoms with E-state index in [1.807, 2.05) is 19.1 Å². The number of imide groups is 1. The topological polar surface area (TPSA) is 85.9 Å². The highest BCUT2D eigenvalue weighted by atomic mass is 35.5. The van der Waals surface area contributed by atoms with Crippen LogP contribution in [-0.2, 0) is 4.79 Å². The molecule has 1 saturated heterocycles. The van der Waals surface area contributed by atoms with Crippen LogP contribution in [0.1, 0.15) is 17.5 Å².